The number of piperidine rings is 1. The number of amides is 2. The molecule has 2 aromatic heterocycles. The van der Waals surface area contributed by atoms with Crippen molar-refractivity contribution in [1.82, 2.24) is 24.8 Å². The smallest absolute Gasteiger partial charge is 0.226 e. The predicted molar refractivity (Wildman–Crippen MR) is 94.6 cm³/mol. The molecule has 26 heavy (non-hydrogen) atoms. The maximum Gasteiger partial charge on any atom is 0.226 e. The minimum absolute atomic E-state index is 0.0400. The van der Waals surface area contributed by atoms with Gasteiger partial charge in [-0.05, 0) is 31.4 Å². The van der Waals surface area contributed by atoms with Gasteiger partial charge in [0.05, 0.1) is 18.2 Å². The number of aromatic nitrogens is 3. The van der Waals surface area contributed by atoms with Crippen LogP contribution >= 0.6 is 0 Å². The van der Waals surface area contributed by atoms with Gasteiger partial charge in [0, 0.05) is 38.1 Å². The number of imidazole rings is 1. The van der Waals surface area contributed by atoms with E-state index < -0.39 is 0 Å². The van der Waals surface area contributed by atoms with Gasteiger partial charge >= 0.3 is 0 Å². The fourth-order valence-corrected chi connectivity index (χ4v) is 3.75. The predicted octanol–water partition coefficient (Wildman–Crippen LogP) is 1.57. The Labute approximate surface area is 152 Å². The number of pyridine rings is 1. The zero-order valence-electron chi connectivity index (χ0n) is 14.8. The lowest BCUT2D eigenvalue weighted by Crippen LogP contribution is -2.49. The highest BCUT2D eigenvalue weighted by Crippen LogP contribution is 2.43. The number of nitrogens with zero attached hydrogens (tertiary/aromatic N) is 4. The van der Waals surface area contributed by atoms with Crippen molar-refractivity contribution in [3.8, 4) is 0 Å². The molecule has 0 unspecified atom stereocenters. The average Bonchev–Trinajstić information content (AvgIpc) is 3.40. The standard InChI is InChI=1S/C19H23N5O2/c1-23-11-10-21-18(23)17-15(7-8-16(25)24(17)14-5-6-14)19(26)22-12-13-4-2-3-9-20-13/h2-4,9-11,14-15,17H,5-8,12H2,1H3,(H,22,26)/t15-,17-/m0/s1. The Morgan fingerprint density at radius 3 is 2.73 bits per heavy atom. The lowest BCUT2D eigenvalue weighted by Gasteiger charge is -2.40. The first-order valence-corrected chi connectivity index (χ1v) is 9.11. The SMILES string of the molecule is Cn1ccnc1[C@@H]1[C@@H](C(=O)NCc2ccccn2)CCC(=O)N1C1CC1. The largest absolute Gasteiger partial charge is 0.350 e. The molecule has 7 heteroatoms. The van der Waals surface area contributed by atoms with Crippen LogP contribution in [0.3, 0.4) is 0 Å². The van der Waals surface area contributed by atoms with Gasteiger partial charge in [-0.1, -0.05) is 6.07 Å². The van der Waals surface area contributed by atoms with Crippen LogP contribution in [0.4, 0.5) is 0 Å². The highest BCUT2D eigenvalue weighted by Gasteiger charge is 2.47. The zero-order chi connectivity index (χ0) is 18.1. The Morgan fingerprint density at radius 2 is 2.08 bits per heavy atom. The first-order chi connectivity index (χ1) is 12.6. The summed E-state index contributed by atoms with van der Waals surface area (Å²) in [4.78, 5) is 36.2. The van der Waals surface area contributed by atoms with Crippen molar-refractivity contribution in [2.24, 2.45) is 13.0 Å². The third-order valence-corrected chi connectivity index (χ3v) is 5.21. The second kappa shape index (κ2) is 6.90. The van der Waals surface area contributed by atoms with Crippen molar-refractivity contribution in [1.29, 1.82) is 0 Å². The fourth-order valence-electron chi connectivity index (χ4n) is 3.75. The first-order valence-electron chi connectivity index (χ1n) is 9.11. The van der Waals surface area contributed by atoms with Gasteiger partial charge in [-0.25, -0.2) is 4.98 Å². The number of aryl methyl sites for hydroxylation is 1. The maximum atomic E-state index is 13.0. The minimum atomic E-state index is -0.299. The van der Waals surface area contributed by atoms with Gasteiger partial charge in [0.15, 0.2) is 0 Å². The molecule has 136 valence electrons. The number of nitrogens with one attached hydrogen (secondary N) is 1. The lowest BCUT2D eigenvalue weighted by molar-refractivity contribution is -0.144. The van der Waals surface area contributed by atoms with Crippen LogP contribution in [0.2, 0.25) is 0 Å². The molecular formula is C19H23N5O2. The summed E-state index contributed by atoms with van der Waals surface area (Å²) >= 11 is 0. The van der Waals surface area contributed by atoms with Crippen LogP contribution in [0.15, 0.2) is 36.8 Å². The van der Waals surface area contributed by atoms with Crippen LogP contribution in [0.25, 0.3) is 0 Å². The Bertz CT molecular complexity index is 799. The average molecular weight is 353 g/mol. The molecule has 0 radical (unpaired) electrons. The van der Waals surface area contributed by atoms with Crippen molar-refractivity contribution in [2.75, 3.05) is 0 Å². The normalized spacial score (nSPS) is 23.1. The number of rotatable bonds is 5. The summed E-state index contributed by atoms with van der Waals surface area (Å²) in [5.41, 5.74) is 0.820. The van der Waals surface area contributed by atoms with Gasteiger partial charge in [0.2, 0.25) is 11.8 Å². The third-order valence-electron chi connectivity index (χ3n) is 5.21. The second-order valence-electron chi connectivity index (χ2n) is 7.06. The van der Waals surface area contributed by atoms with E-state index in [1.807, 2.05) is 40.9 Å². The van der Waals surface area contributed by atoms with Crippen molar-refractivity contribution in [2.45, 2.75) is 44.3 Å². The summed E-state index contributed by atoms with van der Waals surface area (Å²) in [7, 11) is 1.91. The van der Waals surface area contributed by atoms with Crippen LogP contribution in [-0.2, 0) is 23.2 Å². The Morgan fingerprint density at radius 1 is 1.23 bits per heavy atom. The zero-order valence-corrected chi connectivity index (χ0v) is 14.8. The maximum absolute atomic E-state index is 13.0. The quantitative estimate of drug-likeness (QED) is 0.885. The summed E-state index contributed by atoms with van der Waals surface area (Å²) in [6, 6.07) is 5.59. The van der Waals surface area contributed by atoms with Gasteiger partial charge in [-0.2, -0.15) is 0 Å². The molecule has 1 aliphatic heterocycles. The molecule has 0 bridgehead atoms. The summed E-state index contributed by atoms with van der Waals surface area (Å²) in [5.74, 6) is 0.581. The van der Waals surface area contributed by atoms with E-state index in [0.717, 1.165) is 24.4 Å². The van der Waals surface area contributed by atoms with E-state index in [1.165, 1.54) is 0 Å². The number of likely N-dealkylation sites (tertiary alicyclic amines) is 1. The van der Waals surface area contributed by atoms with Crippen molar-refractivity contribution >= 4 is 11.8 Å². The summed E-state index contributed by atoms with van der Waals surface area (Å²) in [6.45, 7) is 0.390. The van der Waals surface area contributed by atoms with E-state index in [1.54, 1.807) is 12.4 Å². The molecule has 2 atom stereocenters. The summed E-state index contributed by atoms with van der Waals surface area (Å²) in [5, 5.41) is 3.00. The molecule has 2 aromatic rings. The molecule has 3 heterocycles. The van der Waals surface area contributed by atoms with E-state index in [9.17, 15) is 9.59 Å². The van der Waals surface area contributed by atoms with Crippen molar-refractivity contribution in [3.05, 3.63) is 48.3 Å². The molecule has 1 saturated carbocycles. The van der Waals surface area contributed by atoms with E-state index in [2.05, 4.69) is 15.3 Å². The van der Waals surface area contributed by atoms with Crippen LogP contribution < -0.4 is 5.32 Å². The van der Waals surface area contributed by atoms with E-state index in [4.69, 9.17) is 0 Å². The van der Waals surface area contributed by atoms with Gasteiger partial charge in [0.1, 0.15) is 11.9 Å². The Hall–Kier alpha value is -2.70. The van der Waals surface area contributed by atoms with Crippen molar-refractivity contribution < 1.29 is 9.59 Å². The number of carbonyl (C=O) groups excluding carboxylic acids is 2. The second-order valence-corrected chi connectivity index (χ2v) is 7.06. The Balaban J connectivity index is 1.57. The van der Waals surface area contributed by atoms with Crippen LogP contribution in [0, 0.1) is 5.92 Å². The number of hydrogen-bond acceptors (Lipinski definition) is 4. The molecule has 7 nitrogen and oxygen atoms in total. The van der Waals surface area contributed by atoms with Crippen LogP contribution in [0.5, 0.6) is 0 Å². The van der Waals surface area contributed by atoms with E-state index in [-0.39, 0.29) is 29.8 Å². The minimum Gasteiger partial charge on any atom is -0.350 e. The molecule has 0 spiro atoms. The van der Waals surface area contributed by atoms with Gasteiger partial charge in [-0.15, -0.1) is 0 Å². The van der Waals surface area contributed by atoms with Crippen LogP contribution in [-0.4, -0.2) is 37.3 Å². The number of carbonyl (C=O) groups is 2. The molecule has 1 aliphatic carbocycles. The van der Waals surface area contributed by atoms with Gasteiger partial charge in [0.25, 0.3) is 0 Å². The lowest BCUT2D eigenvalue weighted by atomic mass is 9.86. The monoisotopic (exact) mass is 353 g/mol. The molecule has 4 rings (SSSR count). The van der Waals surface area contributed by atoms with Crippen LogP contribution in [0.1, 0.15) is 43.2 Å². The third kappa shape index (κ3) is 3.21. The number of hydrogen-bond donors (Lipinski definition) is 1. The molecule has 2 fully saturated rings. The highest BCUT2D eigenvalue weighted by molar-refractivity contribution is 5.85. The Kier molecular flexibility index (Phi) is 4.44. The van der Waals surface area contributed by atoms with E-state index in [0.29, 0.717) is 19.4 Å². The molecule has 2 aliphatic rings. The molecule has 1 saturated heterocycles. The molecule has 2 amide bonds. The molecule has 1 N–H and O–H groups in total. The molecular weight excluding hydrogens is 330 g/mol. The fraction of sp³-hybridized carbons (Fsp3) is 0.474. The van der Waals surface area contributed by atoms with Gasteiger partial charge in [-0.3, -0.25) is 14.6 Å². The summed E-state index contributed by atoms with van der Waals surface area (Å²) in [6.07, 6.45) is 8.29. The van der Waals surface area contributed by atoms with E-state index >= 15 is 0 Å². The first kappa shape index (κ1) is 16.8. The highest BCUT2D eigenvalue weighted by atomic mass is 16.2. The molecule has 0 aromatic carbocycles. The summed E-state index contributed by atoms with van der Waals surface area (Å²) < 4.78 is 1.91. The topological polar surface area (TPSA) is 80.1 Å². The van der Waals surface area contributed by atoms with Crippen molar-refractivity contribution in [3.63, 3.8) is 0 Å². The van der Waals surface area contributed by atoms with Gasteiger partial charge < -0.3 is 14.8 Å².